The zero-order valence-electron chi connectivity index (χ0n) is 9.64. The summed E-state index contributed by atoms with van der Waals surface area (Å²) in [5, 5.41) is 8.01. The Morgan fingerprint density at radius 3 is 2.59 bits per heavy atom. The highest BCUT2D eigenvalue weighted by Crippen LogP contribution is 2.13. The smallest absolute Gasteiger partial charge is 0.301 e. The molecular weight excluding hydrogens is 226 g/mol. The lowest BCUT2D eigenvalue weighted by Gasteiger charge is -2.13. The van der Waals surface area contributed by atoms with Crippen LogP contribution in [0.5, 0.6) is 0 Å². The summed E-state index contributed by atoms with van der Waals surface area (Å²) >= 11 is 0. The van der Waals surface area contributed by atoms with Crippen LogP contribution in [0.1, 0.15) is 32.6 Å². The van der Waals surface area contributed by atoms with E-state index in [1.54, 1.807) is 6.92 Å². The first-order valence-electron chi connectivity index (χ1n) is 5.44. The van der Waals surface area contributed by atoms with Gasteiger partial charge in [-0.3, -0.25) is 14.5 Å². The summed E-state index contributed by atoms with van der Waals surface area (Å²) in [6.07, 6.45) is 3.34. The first-order chi connectivity index (χ1) is 8.06. The molecule has 0 aliphatic carbocycles. The highest BCUT2D eigenvalue weighted by molar-refractivity contribution is 6.15. The highest BCUT2D eigenvalue weighted by Gasteiger charge is 2.27. The topological polar surface area (TPSA) is 83.9 Å². The van der Waals surface area contributed by atoms with Crippen LogP contribution in [0.2, 0.25) is 0 Å². The van der Waals surface area contributed by atoms with Crippen molar-refractivity contribution in [2.75, 3.05) is 6.54 Å². The molecule has 17 heavy (non-hydrogen) atoms. The molecule has 0 saturated carbocycles. The quantitative estimate of drug-likeness (QED) is 0.323. The summed E-state index contributed by atoms with van der Waals surface area (Å²) in [5.41, 5.74) is 0.457. The SMILES string of the molecule is CC1=CC(=O)N(CCCCCC(=O)OO)C1=O. The van der Waals surface area contributed by atoms with Crippen molar-refractivity contribution in [1.82, 2.24) is 4.90 Å². The standard InChI is InChI=1S/C11H15NO5/c1-8-7-9(13)12(11(8)15)6-4-2-3-5-10(14)17-16/h7,16H,2-6H2,1H3. The lowest BCUT2D eigenvalue weighted by molar-refractivity contribution is -0.234. The fraction of sp³-hybridized carbons (Fsp3) is 0.545. The minimum atomic E-state index is -0.671. The van der Waals surface area contributed by atoms with Gasteiger partial charge in [-0.15, -0.1) is 0 Å². The molecule has 1 heterocycles. The van der Waals surface area contributed by atoms with E-state index in [4.69, 9.17) is 5.26 Å². The molecule has 94 valence electrons. The first-order valence-corrected chi connectivity index (χ1v) is 5.44. The molecule has 0 bridgehead atoms. The van der Waals surface area contributed by atoms with Crippen LogP contribution in [0, 0.1) is 0 Å². The maximum atomic E-state index is 11.5. The minimum Gasteiger partial charge on any atom is -0.301 e. The third-order valence-electron chi connectivity index (χ3n) is 2.55. The van der Waals surface area contributed by atoms with Gasteiger partial charge in [-0.25, -0.2) is 4.79 Å². The predicted molar refractivity (Wildman–Crippen MR) is 57.7 cm³/mol. The van der Waals surface area contributed by atoms with E-state index in [2.05, 4.69) is 4.89 Å². The molecule has 0 atom stereocenters. The van der Waals surface area contributed by atoms with Gasteiger partial charge in [0.2, 0.25) is 0 Å². The Balaban J connectivity index is 2.18. The number of nitrogens with zero attached hydrogens (tertiary/aromatic N) is 1. The summed E-state index contributed by atoms with van der Waals surface area (Å²) < 4.78 is 0. The lowest BCUT2D eigenvalue weighted by atomic mass is 10.2. The van der Waals surface area contributed by atoms with E-state index in [1.807, 2.05) is 0 Å². The maximum absolute atomic E-state index is 11.5. The van der Waals surface area contributed by atoms with Gasteiger partial charge < -0.3 is 4.89 Å². The summed E-state index contributed by atoms with van der Waals surface area (Å²) in [6, 6.07) is 0. The fourth-order valence-corrected chi connectivity index (χ4v) is 1.61. The summed E-state index contributed by atoms with van der Waals surface area (Å²) in [7, 11) is 0. The molecule has 6 heteroatoms. The third kappa shape index (κ3) is 3.67. The zero-order chi connectivity index (χ0) is 12.8. The van der Waals surface area contributed by atoms with E-state index in [0.29, 0.717) is 31.4 Å². The molecule has 1 aliphatic rings. The average molecular weight is 241 g/mol. The van der Waals surface area contributed by atoms with E-state index in [1.165, 1.54) is 11.0 Å². The Hall–Kier alpha value is -1.69. The van der Waals surface area contributed by atoms with Crippen LogP contribution in [0.3, 0.4) is 0 Å². The Labute approximate surface area is 98.8 Å². The van der Waals surface area contributed by atoms with Gasteiger partial charge in [0.15, 0.2) is 0 Å². The van der Waals surface area contributed by atoms with Crippen molar-refractivity contribution in [1.29, 1.82) is 0 Å². The van der Waals surface area contributed by atoms with Gasteiger partial charge in [0, 0.05) is 24.6 Å². The highest BCUT2D eigenvalue weighted by atomic mass is 17.1. The van der Waals surface area contributed by atoms with Crippen LogP contribution in [-0.2, 0) is 19.3 Å². The van der Waals surface area contributed by atoms with Crippen molar-refractivity contribution in [2.24, 2.45) is 0 Å². The number of carbonyl (C=O) groups is 3. The first kappa shape index (κ1) is 13.4. The molecule has 1 rings (SSSR count). The van der Waals surface area contributed by atoms with Gasteiger partial charge in [-0.1, -0.05) is 6.42 Å². The molecule has 0 aromatic rings. The van der Waals surface area contributed by atoms with Crippen molar-refractivity contribution in [3.05, 3.63) is 11.6 Å². The lowest BCUT2D eigenvalue weighted by Crippen LogP contribution is -2.31. The molecule has 0 unspecified atom stereocenters. The van der Waals surface area contributed by atoms with Gasteiger partial charge in [-0.2, -0.15) is 5.26 Å². The van der Waals surface area contributed by atoms with Crippen LogP contribution < -0.4 is 0 Å². The van der Waals surface area contributed by atoms with Crippen molar-refractivity contribution in [3.8, 4) is 0 Å². The van der Waals surface area contributed by atoms with Gasteiger partial charge in [0.1, 0.15) is 0 Å². The summed E-state index contributed by atoms with van der Waals surface area (Å²) in [5.74, 6) is -1.19. The summed E-state index contributed by atoms with van der Waals surface area (Å²) in [4.78, 5) is 38.1. The second-order valence-corrected chi connectivity index (χ2v) is 3.90. The number of amides is 2. The Morgan fingerprint density at radius 1 is 1.35 bits per heavy atom. The molecule has 0 aromatic heterocycles. The molecule has 0 spiro atoms. The van der Waals surface area contributed by atoms with E-state index in [9.17, 15) is 14.4 Å². The monoisotopic (exact) mass is 241 g/mol. The predicted octanol–water partition coefficient (Wildman–Crippen LogP) is 0.878. The van der Waals surface area contributed by atoms with Gasteiger partial charge in [0.25, 0.3) is 11.8 Å². The maximum Gasteiger partial charge on any atom is 0.342 e. The molecule has 1 aliphatic heterocycles. The zero-order valence-corrected chi connectivity index (χ0v) is 9.64. The number of unbranched alkanes of at least 4 members (excludes halogenated alkanes) is 2. The number of hydrogen-bond donors (Lipinski definition) is 1. The van der Waals surface area contributed by atoms with Crippen LogP contribution in [0.4, 0.5) is 0 Å². The number of rotatable bonds is 6. The molecule has 0 fully saturated rings. The van der Waals surface area contributed by atoms with E-state index < -0.39 is 5.97 Å². The van der Waals surface area contributed by atoms with E-state index in [0.717, 1.165) is 0 Å². The normalized spacial score (nSPS) is 15.2. The number of carbonyl (C=O) groups excluding carboxylic acids is 3. The molecule has 6 nitrogen and oxygen atoms in total. The van der Waals surface area contributed by atoms with E-state index >= 15 is 0 Å². The van der Waals surface area contributed by atoms with Gasteiger partial charge in [-0.05, 0) is 19.8 Å². The van der Waals surface area contributed by atoms with Crippen molar-refractivity contribution in [2.45, 2.75) is 32.6 Å². The summed E-state index contributed by atoms with van der Waals surface area (Å²) in [6.45, 7) is 1.97. The van der Waals surface area contributed by atoms with Gasteiger partial charge >= 0.3 is 5.97 Å². The number of imide groups is 1. The molecular formula is C11H15NO5. The van der Waals surface area contributed by atoms with Crippen LogP contribution >= 0.6 is 0 Å². The van der Waals surface area contributed by atoms with Crippen molar-refractivity contribution in [3.63, 3.8) is 0 Å². The Morgan fingerprint density at radius 2 is 2.06 bits per heavy atom. The average Bonchev–Trinajstić information content (AvgIpc) is 2.54. The Bertz CT molecular complexity index is 361. The second kappa shape index (κ2) is 6.15. The van der Waals surface area contributed by atoms with Crippen molar-refractivity contribution >= 4 is 17.8 Å². The molecule has 2 amide bonds. The van der Waals surface area contributed by atoms with Crippen LogP contribution in [0.15, 0.2) is 11.6 Å². The van der Waals surface area contributed by atoms with Crippen LogP contribution in [-0.4, -0.2) is 34.5 Å². The Kier molecular flexibility index (Phi) is 4.84. The van der Waals surface area contributed by atoms with Crippen LogP contribution in [0.25, 0.3) is 0 Å². The molecule has 1 N–H and O–H groups in total. The van der Waals surface area contributed by atoms with Gasteiger partial charge in [0.05, 0.1) is 0 Å². The fourth-order valence-electron chi connectivity index (χ4n) is 1.61. The minimum absolute atomic E-state index is 0.135. The molecule has 0 aromatic carbocycles. The number of hydrogen-bond acceptors (Lipinski definition) is 5. The molecule has 0 radical (unpaired) electrons. The molecule has 0 saturated heterocycles. The third-order valence-corrected chi connectivity index (χ3v) is 2.55. The van der Waals surface area contributed by atoms with Crippen molar-refractivity contribution < 1.29 is 24.5 Å². The van der Waals surface area contributed by atoms with E-state index in [-0.39, 0.29) is 18.2 Å². The largest absolute Gasteiger partial charge is 0.342 e. The second-order valence-electron chi connectivity index (χ2n) is 3.90.